The molecule has 0 saturated carbocycles. The van der Waals surface area contributed by atoms with Crippen molar-refractivity contribution >= 4 is 16.8 Å². The minimum atomic E-state index is -0.725. The molecule has 1 heterocycles. The number of alkyl halides is 1. The van der Waals surface area contributed by atoms with Gasteiger partial charge in [-0.2, -0.15) is 0 Å². The summed E-state index contributed by atoms with van der Waals surface area (Å²) in [6.07, 6.45) is 12.1. The normalized spacial score (nSPS) is 12.5. The summed E-state index contributed by atoms with van der Waals surface area (Å²) in [6, 6.07) is 12.7. The summed E-state index contributed by atoms with van der Waals surface area (Å²) in [5.41, 5.74) is 3.23. The molecule has 0 aliphatic heterocycles. The smallest absolute Gasteiger partial charge is 0.159 e. The third-order valence-electron chi connectivity index (χ3n) is 4.50. The minimum absolute atomic E-state index is 0.608. The number of allylic oxidation sites excluding steroid dienone is 2. The van der Waals surface area contributed by atoms with Crippen LogP contribution in [0.4, 0.5) is 4.39 Å². The Morgan fingerprint density at radius 2 is 1.81 bits per heavy atom. The lowest BCUT2D eigenvalue weighted by Gasteiger charge is -2.05. The number of nitrogens with zero attached hydrogens (tertiary/aromatic N) is 2. The predicted octanol–water partition coefficient (Wildman–Crippen LogP) is 6.57. The van der Waals surface area contributed by atoms with Crippen LogP contribution < -0.4 is 0 Å². The Kier molecular flexibility index (Phi) is 6.48. The molecule has 3 rings (SSSR count). The number of halogens is 1. The number of aromatic nitrogens is 2. The van der Waals surface area contributed by atoms with Crippen molar-refractivity contribution in [2.75, 3.05) is 0 Å². The Labute approximate surface area is 160 Å². The van der Waals surface area contributed by atoms with Crippen molar-refractivity contribution in [3.05, 3.63) is 78.6 Å². The van der Waals surface area contributed by atoms with Crippen LogP contribution >= 0.6 is 0 Å². The first-order valence-corrected chi connectivity index (χ1v) is 9.42. The second-order valence-electron chi connectivity index (χ2n) is 6.84. The van der Waals surface area contributed by atoms with Crippen molar-refractivity contribution in [1.29, 1.82) is 0 Å². The number of hydrogen-bond donors (Lipinski definition) is 0. The van der Waals surface area contributed by atoms with E-state index in [9.17, 15) is 4.39 Å². The Bertz CT molecular complexity index is 927. The highest BCUT2D eigenvalue weighted by atomic mass is 19.1. The van der Waals surface area contributed by atoms with E-state index in [4.69, 9.17) is 0 Å². The molecule has 27 heavy (non-hydrogen) atoms. The lowest BCUT2D eigenvalue weighted by atomic mass is 10.0. The third-order valence-corrected chi connectivity index (χ3v) is 4.50. The molecule has 0 spiro atoms. The lowest BCUT2D eigenvalue weighted by Crippen LogP contribution is -1.91. The van der Waals surface area contributed by atoms with Crippen LogP contribution in [0.3, 0.4) is 0 Å². The Hall–Kier alpha value is -2.81. The van der Waals surface area contributed by atoms with Gasteiger partial charge in [0.05, 0.1) is 6.17 Å². The summed E-state index contributed by atoms with van der Waals surface area (Å²) in [5, 5.41) is 2.38. The monoisotopic (exact) mass is 360 g/mol. The highest BCUT2D eigenvalue weighted by molar-refractivity contribution is 5.87. The fourth-order valence-corrected chi connectivity index (χ4v) is 3.04. The van der Waals surface area contributed by atoms with Gasteiger partial charge in [-0.1, -0.05) is 48.6 Å². The molecule has 0 bridgehead atoms. The first-order valence-electron chi connectivity index (χ1n) is 9.42. The van der Waals surface area contributed by atoms with Crippen molar-refractivity contribution < 1.29 is 4.39 Å². The topological polar surface area (TPSA) is 25.8 Å². The molecule has 1 aromatic heterocycles. The van der Waals surface area contributed by atoms with E-state index in [1.165, 1.54) is 16.3 Å². The molecular formula is C24H25FN2. The lowest BCUT2D eigenvalue weighted by molar-refractivity contribution is 0.335. The van der Waals surface area contributed by atoms with Crippen molar-refractivity contribution in [3.8, 4) is 11.4 Å². The van der Waals surface area contributed by atoms with Crippen LogP contribution in [0.25, 0.3) is 28.2 Å². The first-order chi connectivity index (χ1) is 13.2. The molecule has 138 valence electrons. The molecule has 1 unspecified atom stereocenters. The molecule has 2 aromatic carbocycles. The van der Waals surface area contributed by atoms with Crippen LogP contribution in [0, 0.1) is 0 Å². The first kappa shape index (κ1) is 19.0. The molecule has 3 aromatic rings. The molecule has 0 saturated heterocycles. The van der Waals surface area contributed by atoms with E-state index in [0.717, 1.165) is 36.2 Å². The fraction of sp³-hybridized carbons (Fsp3) is 0.250. The van der Waals surface area contributed by atoms with E-state index in [2.05, 4.69) is 59.0 Å². The van der Waals surface area contributed by atoms with Gasteiger partial charge < -0.3 is 0 Å². The number of rotatable bonds is 8. The quantitative estimate of drug-likeness (QED) is 0.335. The standard InChI is InChI=1S/C24H25FN2/c1-3-7-19-10-11-22-15-23(13-12-21(22)14-19)24-26-16-20(17-27-24)9-6-4-5-8-18(2)25/h3,6,9-18H,1,4-5,7-8H2,2H3/b9-6+. The minimum Gasteiger partial charge on any atom is -0.248 e. The van der Waals surface area contributed by atoms with Gasteiger partial charge in [0.1, 0.15) is 0 Å². The van der Waals surface area contributed by atoms with E-state index in [0.29, 0.717) is 6.42 Å². The second kappa shape index (κ2) is 9.22. The molecule has 0 aliphatic rings. The van der Waals surface area contributed by atoms with Gasteiger partial charge in [-0.3, -0.25) is 0 Å². The van der Waals surface area contributed by atoms with Crippen LogP contribution in [0.15, 0.2) is 67.5 Å². The van der Waals surface area contributed by atoms with Crippen molar-refractivity contribution in [2.45, 2.75) is 38.8 Å². The van der Waals surface area contributed by atoms with Crippen molar-refractivity contribution in [1.82, 2.24) is 9.97 Å². The molecule has 0 amide bonds. The van der Waals surface area contributed by atoms with E-state index < -0.39 is 6.17 Å². The summed E-state index contributed by atoms with van der Waals surface area (Å²) in [7, 11) is 0. The summed E-state index contributed by atoms with van der Waals surface area (Å²) in [4.78, 5) is 8.99. The van der Waals surface area contributed by atoms with Gasteiger partial charge >= 0.3 is 0 Å². The van der Waals surface area contributed by atoms with Gasteiger partial charge in [-0.15, -0.1) is 6.58 Å². The molecule has 0 radical (unpaired) electrons. The van der Waals surface area contributed by atoms with Crippen LogP contribution in [0.2, 0.25) is 0 Å². The number of fused-ring (bicyclic) bond motifs is 1. The Morgan fingerprint density at radius 3 is 2.56 bits per heavy atom. The van der Waals surface area contributed by atoms with Crippen LogP contribution in [0.5, 0.6) is 0 Å². The third kappa shape index (κ3) is 5.33. The van der Waals surface area contributed by atoms with Gasteiger partial charge in [0, 0.05) is 23.5 Å². The fourth-order valence-electron chi connectivity index (χ4n) is 3.04. The molecule has 3 heteroatoms. The number of hydrogen-bond acceptors (Lipinski definition) is 2. The highest BCUT2D eigenvalue weighted by Crippen LogP contribution is 2.23. The molecule has 0 fully saturated rings. The molecule has 1 atom stereocenters. The summed E-state index contributed by atoms with van der Waals surface area (Å²) in [6.45, 7) is 5.40. The van der Waals surface area contributed by atoms with Gasteiger partial charge in [0.25, 0.3) is 0 Å². The molecule has 2 nitrogen and oxygen atoms in total. The Morgan fingerprint density at radius 1 is 1.07 bits per heavy atom. The number of unbranched alkanes of at least 4 members (excludes halogenated alkanes) is 1. The average Bonchev–Trinajstić information content (AvgIpc) is 2.68. The van der Waals surface area contributed by atoms with E-state index >= 15 is 0 Å². The summed E-state index contributed by atoms with van der Waals surface area (Å²) in [5.74, 6) is 0.718. The van der Waals surface area contributed by atoms with Crippen molar-refractivity contribution in [2.24, 2.45) is 0 Å². The van der Waals surface area contributed by atoms with Gasteiger partial charge in [-0.05, 0) is 55.0 Å². The van der Waals surface area contributed by atoms with Gasteiger partial charge in [-0.25, -0.2) is 14.4 Å². The molecule has 0 aliphatic carbocycles. The largest absolute Gasteiger partial charge is 0.248 e. The van der Waals surface area contributed by atoms with Crippen LogP contribution in [-0.4, -0.2) is 16.1 Å². The Balaban J connectivity index is 1.70. The average molecular weight is 360 g/mol. The maximum absolute atomic E-state index is 12.8. The maximum atomic E-state index is 12.8. The van der Waals surface area contributed by atoms with E-state index in [-0.39, 0.29) is 0 Å². The van der Waals surface area contributed by atoms with E-state index in [1.807, 2.05) is 24.5 Å². The van der Waals surface area contributed by atoms with Crippen LogP contribution in [0.1, 0.15) is 37.3 Å². The van der Waals surface area contributed by atoms with Crippen LogP contribution in [-0.2, 0) is 6.42 Å². The maximum Gasteiger partial charge on any atom is 0.159 e. The highest BCUT2D eigenvalue weighted by Gasteiger charge is 2.03. The molecular weight excluding hydrogens is 335 g/mol. The SMILES string of the molecule is C=CCc1ccc2cc(-c3ncc(/C=C/CCCC(C)F)cn3)ccc2c1. The van der Waals surface area contributed by atoms with Gasteiger partial charge in [0.15, 0.2) is 5.82 Å². The number of benzene rings is 2. The predicted molar refractivity (Wildman–Crippen MR) is 112 cm³/mol. The zero-order valence-electron chi connectivity index (χ0n) is 15.7. The summed E-state index contributed by atoms with van der Waals surface area (Å²) < 4.78 is 12.8. The zero-order chi connectivity index (χ0) is 19.1. The second-order valence-corrected chi connectivity index (χ2v) is 6.84. The zero-order valence-corrected chi connectivity index (χ0v) is 15.7. The summed E-state index contributed by atoms with van der Waals surface area (Å²) >= 11 is 0. The van der Waals surface area contributed by atoms with E-state index in [1.54, 1.807) is 6.92 Å². The molecule has 0 N–H and O–H groups in total. The van der Waals surface area contributed by atoms with Gasteiger partial charge in [0.2, 0.25) is 0 Å². The van der Waals surface area contributed by atoms with Crippen molar-refractivity contribution in [3.63, 3.8) is 0 Å².